The van der Waals surface area contributed by atoms with Crippen LogP contribution in [0.25, 0.3) is 0 Å². The predicted molar refractivity (Wildman–Crippen MR) is 78.3 cm³/mol. The molecule has 0 spiro atoms. The van der Waals surface area contributed by atoms with Gasteiger partial charge in [0.25, 0.3) is 5.69 Å². The maximum atomic E-state index is 10.9. The highest BCUT2D eigenvalue weighted by atomic mass is 16.6. The smallest absolute Gasteiger partial charge is 0.269 e. The van der Waals surface area contributed by atoms with Crippen LogP contribution in [0, 0.1) is 21.4 Å². The molecule has 0 aliphatic heterocycles. The molecule has 0 heterocycles. The molecule has 0 aliphatic carbocycles. The van der Waals surface area contributed by atoms with Crippen LogP contribution in [0.3, 0.4) is 0 Å². The quantitative estimate of drug-likeness (QED) is 0.399. The summed E-state index contributed by atoms with van der Waals surface area (Å²) in [5.74, 6) is 5.44. The molecule has 0 aromatic heterocycles. The summed E-state index contributed by atoms with van der Waals surface area (Å²) in [5.41, 5.74) is 3.88. The van der Waals surface area contributed by atoms with Crippen LogP contribution in [-0.2, 0) is 11.3 Å². The first-order valence-electron chi connectivity index (χ1n) is 6.44. The lowest BCUT2D eigenvalue weighted by Gasteiger charge is -2.22. The SMILES string of the molecule is COCCN(CCC#N)Cc1cc([N+](=O)[O-])ccc1NN. The Balaban J connectivity index is 2.91. The summed E-state index contributed by atoms with van der Waals surface area (Å²) in [6, 6.07) is 6.55. The Morgan fingerprint density at radius 3 is 2.86 bits per heavy atom. The highest BCUT2D eigenvalue weighted by Gasteiger charge is 2.13. The molecular weight excluding hydrogens is 274 g/mol. The summed E-state index contributed by atoms with van der Waals surface area (Å²) < 4.78 is 5.04. The Labute approximate surface area is 123 Å². The van der Waals surface area contributed by atoms with Gasteiger partial charge in [-0.25, -0.2) is 0 Å². The number of hydrogen-bond acceptors (Lipinski definition) is 7. The molecule has 1 aromatic carbocycles. The molecule has 0 aliphatic rings. The molecule has 0 unspecified atom stereocenters. The number of rotatable bonds is 9. The highest BCUT2D eigenvalue weighted by molar-refractivity contribution is 5.55. The molecule has 114 valence electrons. The summed E-state index contributed by atoms with van der Waals surface area (Å²) in [7, 11) is 1.60. The van der Waals surface area contributed by atoms with Gasteiger partial charge in [0, 0.05) is 45.3 Å². The van der Waals surface area contributed by atoms with Crippen molar-refractivity contribution >= 4 is 11.4 Å². The average molecular weight is 293 g/mol. The van der Waals surface area contributed by atoms with Gasteiger partial charge in [0.2, 0.25) is 0 Å². The van der Waals surface area contributed by atoms with Crippen LogP contribution in [0.5, 0.6) is 0 Å². The predicted octanol–water partition coefficient (Wildman–Crippen LogP) is 1.24. The molecule has 0 radical (unpaired) electrons. The maximum Gasteiger partial charge on any atom is 0.269 e. The second-order valence-corrected chi connectivity index (χ2v) is 4.42. The van der Waals surface area contributed by atoms with E-state index >= 15 is 0 Å². The molecule has 1 aromatic rings. The third kappa shape index (κ3) is 5.35. The van der Waals surface area contributed by atoms with Gasteiger partial charge in [-0.05, 0) is 11.6 Å². The maximum absolute atomic E-state index is 10.9. The molecule has 0 saturated heterocycles. The van der Waals surface area contributed by atoms with Crippen molar-refractivity contribution < 1.29 is 9.66 Å². The van der Waals surface area contributed by atoms with E-state index in [2.05, 4.69) is 11.5 Å². The number of anilines is 1. The van der Waals surface area contributed by atoms with Gasteiger partial charge in [-0.15, -0.1) is 0 Å². The van der Waals surface area contributed by atoms with Gasteiger partial charge in [-0.1, -0.05) is 0 Å². The molecule has 8 nitrogen and oxygen atoms in total. The van der Waals surface area contributed by atoms with E-state index in [0.29, 0.717) is 43.9 Å². The Hall–Kier alpha value is -2.21. The van der Waals surface area contributed by atoms with E-state index in [4.69, 9.17) is 15.8 Å². The number of hydrogen-bond donors (Lipinski definition) is 2. The Bertz CT molecular complexity index is 515. The van der Waals surface area contributed by atoms with Crippen molar-refractivity contribution in [3.63, 3.8) is 0 Å². The first-order chi connectivity index (χ1) is 10.1. The van der Waals surface area contributed by atoms with Crippen LogP contribution in [0.2, 0.25) is 0 Å². The lowest BCUT2D eigenvalue weighted by molar-refractivity contribution is -0.384. The Kier molecular flexibility index (Phi) is 7.11. The number of benzene rings is 1. The fourth-order valence-electron chi connectivity index (χ4n) is 1.90. The molecule has 0 amide bonds. The highest BCUT2D eigenvalue weighted by Crippen LogP contribution is 2.23. The van der Waals surface area contributed by atoms with Crippen LogP contribution in [0.15, 0.2) is 18.2 Å². The van der Waals surface area contributed by atoms with Crippen LogP contribution in [-0.4, -0.2) is 36.6 Å². The monoisotopic (exact) mass is 293 g/mol. The zero-order valence-electron chi connectivity index (χ0n) is 11.9. The van der Waals surface area contributed by atoms with Crippen LogP contribution in [0.4, 0.5) is 11.4 Å². The second-order valence-electron chi connectivity index (χ2n) is 4.42. The summed E-state index contributed by atoms with van der Waals surface area (Å²) >= 11 is 0. The number of non-ortho nitro benzene ring substituents is 1. The minimum atomic E-state index is -0.446. The largest absolute Gasteiger partial charge is 0.383 e. The molecule has 0 fully saturated rings. The van der Waals surface area contributed by atoms with E-state index in [9.17, 15) is 10.1 Å². The molecule has 0 atom stereocenters. The number of nitriles is 1. The molecular formula is C13H19N5O3. The number of hydrazine groups is 1. The van der Waals surface area contributed by atoms with Crippen LogP contribution >= 0.6 is 0 Å². The summed E-state index contributed by atoms with van der Waals surface area (Å²) in [6.07, 6.45) is 0.379. The third-order valence-corrected chi connectivity index (χ3v) is 3.00. The van der Waals surface area contributed by atoms with E-state index in [0.717, 1.165) is 0 Å². The normalized spacial score (nSPS) is 10.4. The van der Waals surface area contributed by atoms with Crippen molar-refractivity contribution in [3.05, 3.63) is 33.9 Å². The zero-order valence-corrected chi connectivity index (χ0v) is 11.9. The van der Waals surface area contributed by atoms with E-state index in [1.165, 1.54) is 12.1 Å². The fraction of sp³-hybridized carbons (Fsp3) is 0.462. The number of nitrogens with two attached hydrogens (primary N) is 1. The summed E-state index contributed by atoms with van der Waals surface area (Å²) in [5, 5.41) is 19.6. The lowest BCUT2D eigenvalue weighted by Crippen LogP contribution is -2.28. The third-order valence-electron chi connectivity index (χ3n) is 3.00. The van der Waals surface area contributed by atoms with Crippen LogP contribution in [0.1, 0.15) is 12.0 Å². The summed E-state index contributed by atoms with van der Waals surface area (Å²) in [6.45, 7) is 2.16. The van der Waals surface area contributed by atoms with Gasteiger partial charge in [-0.3, -0.25) is 20.9 Å². The van der Waals surface area contributed by atoms with Crippen molar-refractivity contribution in [1.29, 1.82) is 5.26 Å². The van der Waals surface area contributed by atoms with Gasteiger partial charge in [-0.2, -0.15) is 5.26 Å². The Morgan fingerprint density at radius 2 is 2.29 bits per heavy atom. The molecule has 21 heavy (non-hydrogen) atoms. The van der Waals surface area contributed by atoms with E-state index in [1.807, 2.05) is 4.90 Å². The first-order valence-corrected chi connectivity index (χ1v) is 6.44. The van der Waals surface area contributed by atoms with E-state index < -0.39 is 4.92 Å². The van der Waals surface area contributed by atoms with Crippen LogP contribution < -0.4 is 11.3 Å². The van der Waals surface area contributed by atoms with Crippen molar-refractivity contribution in [2.45, 2.75) is 13.0 Å². The lowest BCUT2D eigenvalue weighted by atomic mass is 10.1. The fourth-order valence-corrected chi connectivity index (χ4v) is 1.90. The molecule has 0 saturated carbocycles. The standard InChI is InChI=1S/C13H19N5O3/c1-21-8-7-17(6-2-5-14)10-11-9-12(18(19)20)3-4-13(11)16-15/h3-4,9,16H,2,6-8,10,15H2,1H3. The van der Waals surface area contributed by atoms with Gasteiger partial charge < -0.3 is 10.2 Å². The molecule has 8 heteroatoms. The zero-order chi connectivity index (χ0) is 15.7. The average Bonchev–Trinajstić information content (AvgIpc) is 2.49. The van der Waals surface area contributed by atoms with Gasteiger partial charge in [0.15, 0.2) is 0 Å². The second kappa shape index (κ2) is 8.86. The van der Waals surface area contributed by atoms with Gasteiger partial charge in [0.1, 0.15) is 0 Å². The van der Waals surface area contributed by atoms with E-state index in [-0.39, 0.29) is 5.69 Å². The van der Waals surface area contributed by atoms with Crippen molar-refractivity contribution in [2.24, 2.45) is 5.84 Å². The van der Waals surface area contributed by atoms with Gasteiger partial charge >= 0.3 is 0 Å². The number of nitrogen functional groups attached to an aromatic ring is 1. The number of nitrogens with one attached hydrogen (secondary N) is 1. The molecule has 1 rings (SSSR count). The number of methoxy groups -OCH3 is 1. The number of nitro groups is 1. The molecule has 0 bridgehead atoms. The van der Waals surface area contributed by atoms with Crippen molar-refractivity contribution in [1.82, 2.24) is 4.90 Å². The minimum Gasteiger partial charge on any atom is -0.383 e. The summed E-state index contributed by atoms with van der Waals surface area (Å²) in [4.78, 5) is 12.4. The van der Waals surface area contributed by atoms with Crippen molar-refractivity contribution in [3.8, 4) is 6.07 Å². The Morgan fingerprint density at radius 1 is 1.52 bits per heavy atom. The van der Waals surface area contributed by atoms with Crippen molar-refractivity contribution in [2.75, 3.05) is 32.2 Å². The molecule has 3 N–H and O–H groups in total. The van der Waals surface area contributed by atoms with Gasteiger partial charge in [0.05, 0.1) is 23.3 Å². The van der Waals surface area contributed by atoms with E-state index in [1.54, 1.807) is 13.2 Å². The number of nitro benzene ring substituents is 1. The first kappa shape index (κ1) is 16.8. The number of nitrogens with zero attached hydrogens (tertiary/aromatic N) is 3. The topological polar surface area (TPSA) is 117 Å². The number of ether oxygens (including phenoxy) is 1. The minimum absolute atomic E-state index is 0.0102.